The Morgan fingerprint density at radius 3 is 2.86 bits per heavy atom. The number of hydrogen-bond donors (Lipinski definition) is 0. The maximum atomic E-state index is 11.4. The fraction of sp³-hybridized carbons (Fsp3) is 0.417. The summed E-state index contributed by atoms with van der Waals surface area (Å²) in [5.41, 5.74) is 0.497. The van der Waals surface area contributed by atoms with Crippen LogP contribution in [0.25, 0.3) is 0 Å². The van der Waals surface area contributed by atoms with Gasteiger partial charge in [0.2, 0.25) is 0 Å². The maximum absolute atomic E-state index is 11.4. The average molecular weight is 191 g/mol. The molecule has 1 aromatic carbocycles. The third-order valence-corrected chi connectivity index (χ3v) is 1.86. The normalized spacial score (nSPS) is 10.2. The van der Waals surface area contributed by atoms with E-state index >= 15 is 0 Å². The second kappa shape index (κ2) is 5.43. The Hall–Kier alpha value is -1.31. The van der Waals surface area contributed by atoms with Crippen LogP contribution in [0, 0.1) is 12.0 Å². The van der Waals surface area contributed by atoms with Gasteiger partial charge in [-0.05, 0) is 24.5 Å². The van der Waals surface area contributed by atoms with Gasteiger partial charge in [0, 0.05) is 0 Å². The van der Waals surface area contributed by atoms with E-state index in [0.717, 1.165) is 6.42 Å². The molecule has 0 atom stereocenters. The molecule has 0 fully saturated rings. The molecular weight excluding hydrogens is 176 g/mol. The smallest absolute Gasteiger partial charge is 0.338 e. The number of benzene rings is 1. The lowest BCUT2D eigenvalue weighted by Crippen LogP contribution is -2.07. The van der Waals surface area contributed by atoms with E-state index in [2.05, 4.69) is 19.9 Å². The molecule has 2 nitrogen and oxygen atoms in total. The Kier molecular flexibility index (Phi) is 4.17. The number of esters is 1. The lowest BCUT2D eigenvalue weighted by atomic mass is 10.1. The van der Waals surface area contributed by atoms with E-state index in [9.17, 15) is 4.79 Å². The van der Waals surface area contributed by atoms with Crippen molar-refractivity contribution in [3.8, 4) is 0 Å². The van der Waals surface area contributed by atoms with Gasteiger partial charge >= 0.3 is 5.97 Å². The van der Waals surface area contributed by atoms with Gasteiger partial charge in [-0.15, -0.1) is 0 Å². The molecule has 14 heavy (non-hydrogen) atoms. The number of carbonyl (C=O) groups is 1. The molecule has 0 N–H and O–H groups in total. The first kappa shape index (κ1) is 10.8. The number of rotatable bonds is 4. The Morgan fingerprint density at radius 1 is 1.50 bits per heavy atom. The van der Waals surface area contributed by atoms with Crippen LogP contribution in [-0.4, -0.2) is 12.6 Å². The summed E-state index contributed by atoms with van der Waals surface area (Å²) in [5.74, 6) is 0.272. The highest BCUT2D eigenvalue weighted by Gasteiger charge is 2.05. The lowest BCUT2D eigenvalue weighted by Gasteiger charge is -2.06. The van der Waals surface area contributed by atoms with E-state index in [1.54, 1.807) is 18.2 Å². The molecule has 0 aliphatic carbocycles. The number of ether oxygens (including phenoxy) is 1. The Balaban J connectivity index is 2.36. The minimum atomic E-state index is -0.286. The monoisotopic (exact) mass is 191 g/mol. The fourth-order valence-corrected chi connectivity index (χ4v) is 0.985. The summed E-state index contributed by atoms with van der Waals surface area (Å²) in [5, 5.41) is 0. The highest BCUT2D eigenvalue weighted by atomic mass is 16.5. The van der Waals surface area contributed by atoms with E-state index in [1.807, 2.05) is 6.07 Å². The second-order valence-corrected chi connectivity index (χ2v) is 3.59. The summed E-state index contributed by atoms with van der Waals surface area (Å²) in [6, 6.07) is 9.87. The molecule has 75 valence electrons. The topological polar surface area (TPSA) is 26.3 Å². The van der Waals surface area contributed by atoms with Crippen molar-refractivity contribution in [3.63, 3.8) is 0 Å². The first-order valence-electron chi connectivity index (χ1n) is 4.84. The van der Waals surface area contributed by atoms with Gasteiger partial charge in [0.05, 0.1) is 12.2 Å². The van der Waals surface area contributed by atoms with Crippen molar-refractivity contribution < 1.29 is 9.53 Å². The standard InChI is InChI=1S/C12H15O2/c1-10(2)8-9-14-12(13)11-6-4-3-5-7-11/h3-6,10H,8-9H2,1-2H3. The Bertz CT molecular complexity index is 278. The van der Waals surface area contributed by atoms with Gasteiger partial charge < -0.3 is 4.74 Å². The van der Waals surface area contributed by atoms with Crippen molar-refractivity contribution in [2.75, 3.05) is 6.61 Å². The second-order valence-electron chi connectivity index (χ2n) is 3.59. The lowest BCUT2D eigenvalue weighted by molar-refractivity contribution is 0.0487. The molecule has 0 aromatic heterocycles. The minimum absolute atomic E-state index is 0.286. The zero-order chi connectivity index (χ0) is 10.4. The summed E-state index contributed by atoms with van der Waals surface area (Å²) in [7, 11) is 0. The molecule has 0 heterocycles. The predicted octanol–water partition coefficient (Wildman–Crippen LogP) is 2.69. The molecule has 0 spiro atoms. The largest absolute Gasteiger partial charge is 0.462 e. The van der Waals surface area contributed by atoms with Crippen LogP contribution in [0.1, 0.15) is 30.6 Å². The van der Waals surface area contributed by atoms with Gasteiger partial charge in [0.1, 0.15) is 0 Å². The summed E-state index contributed by atoms with van der Waals surface area (Å²) in [4.78, 5) is 11.4. The van der Waals surface area contributed by atoms with E-state index in [4.69, 9.17) is 4.74 Å². The van der Waals surface area contributed by atoms with Gasteiger partial charge in [-0.25, -0.2) is 4.79 Å². The van der Waals surface area contributed by atoms with Crippen LogP contribution < -0.4 is 0 Å². The summed E-state index contributed by atoms with van der Waals surface area (Å²) >= 11 is 0. The van der Waals surface area contributed by atoms with Gasteiger partial charge in [-0.1, -0.05) is 32.0 Å². The van der Waals surface area contributed by atoms with E-state index in [0.29, 0.717) is 18.1 Å². The van der Waals surface area contributed by atoms with Crippen LogP contribution in [0.3, 0.4) is 0 Å². The van der Waals surface area contributed by atoms with Gasteiger partial charge in [0.25, 0.3) is 0 Å². The predicted molar refractivity (Wildman–Crippen MR) is 55.0 cm³/mol. The molecule has 0 aliphatic heterocycles. The molecule has 1 aromatic rings. The summed E-state index contributed by atoms with van der Waals surface area (Å²) < 4.78 is 5.07. The van der Waals surface area contributed by atoms with Crippen molar-refractivity contribution in [3.05, 3.63) is 35.9 Å². The van der Waals surface area contributed by atoms with Crippen LogP contribution in [0.5, 0.6) is 0 Å². The molecular formula is C12H15O2. The molecule has 2 heteroatoms. The highest BCUT2D eigenvalue weighted by Crippen LogP contribution is 2.03. The van der Waals surface area contributed by atoms with Crippen molar-refractivity contribution in [1.29, 1.82) is 0 Å². The van der Waals surface area contributed by atoms with Crippen LogP contribution >= 0.6 is 0 Å². The van der Waals surface area contributed by atoms with Crippen LogP contribution in [0.15, 0.2) is 24.3 Å². The summed E-state index contributed by atoms with van der Waals surface area (Å²) in [6.07, 6.45) is 0.901. The van der Waals surface area contributed by atoms with Gasteiger partial charge in [-0.3, -0.25) is 0 Å². The van der Waals surface area contributed by atoms with E-state index in [-0.39, 0.29) is 5.97 Å². The maximum Gasteiger partial charge on any atom is 0.338 e. The molecule has 0 saturated heterocycles. The quantitative estimate of drug-likeness (QED) is 0.684. The Labute approximate surface area is 84.9 Å². The molecule has 0 amide bonds. The molecule has 0 unspecified atom stereocenters. The molecule has 0 aliphatic rings. The van der Waals surface area contributed by atoms with Crippen LogP contribution in [0.2, 0.25) is 0 Å². The average Bonchev–Trinajstić information content (AvgIpc) is 2.18. The van der Waals surface area contributed by atoms with Crippen molar-refractivity contribution >= 4 is 5.97 Å². The third-order valence-electron chi connectivity index (χ3n) is 1.86. The number of hydrogen-bond acceptors (Lipinski definition) is 2. The van der Waals surface area contributed by atoms with E-state index < -0.39 is 0 Å². The van der Waals surface area contributed by atoms with Crippen molar-refractivity contribution in [2.24, 2.45) is 5.92 Å². The first-order chi connectivity index (χ1) is 6.70. The SMILES string of the molecule is CC(C)CCOC(=O)c1[c]cccc1. The van der Waals surface area contributed by atoms with Crippen molar-refractivity contribution in [1.82, 2.24) is 0 Å². The molecule has 0 bridgehead atoms. The van der Waals surface area contributed by atoms with Crippen molar-refractivity contribution in [2.45, 2.75) is 20.3 Å². The molecule has 1 radical (unpaired) electrons. The van der Waals surface area contributed by atoms with E-state index in [1.165, 1.54) is 0 Å². The first-order valence-corrected chi connectivity index (χ1v) is 4.84. The van der Waals surface area contributed by atoms with Crippen LogP contribution in [-0.2, 0) is 4.74 Å². The fourth-order valence-electron chi connectivity index (χ4n) is 0.985. The van der Waals surface area contributed by atoms with Gasteiger partial charge in [0.15, 0.2) is 0 Å². The summed E-state index contributed by atoms with van der Waals surface area (Å²) in [6.45, 7) is 4.68. The Morgan fingerprint density at radius 2 is 2.29 bits per heavy atom. The van der Waals surface area contributed by atoms with Gasteiger partial charge in [-0.2, -0.15) is 0 Å². The minimum Gasteiger partial charge on any atom is -0.462 e. The van der Waals surface area contributed by atoms with Crippen LogP contribution in [0.4, 0.5) is 0 Å². The molecule has 1 rings (SSSR count). The zero-order valence-electron chi connectivity index (χ0n) is 8.62. The number of carbonyl (C=O) groups excluding carboxylic acids is 1. The molecule has 0 saturated carbocycles. The highest BCUT2D eigenvalue weighted by molar-refractivity contribution is 5.88. The third kappa shape index (κ3) is 3.60. The zero-order valence-corrected chi connectivity index (χ0v) is 8.62.